The van der Waals surface area contributed by atoms with Crippen LogP contribution >= 0.6 is 0 Å². The maximum atomic E-state index is 11.0. The molecule has 84 valence electrons. The predicted molar refractivity (Wildman–Crippen MR) is 56.2 cm³/mol. The van der Waals surface area contributed by atoms with Gasteiger partial charge in [0.15, 0.2) is 0 Å². The molecule has 0 bridgehead atoms. The second-order valence-corrected chi connectivity index (χ2v) is 4.34. The van der Waals surface area contributed by atoms with Crippen molar-refractivity contribution in [2.24, 2.45) is 0 Å². The van der Waals surface area contributed by atoms with E-state index in [2.05, 4.69) is 0 Å². The monoisotopic (exact) mass is 253 g/mol. The first-order valence-corrected chi connectivity index (χ1v) is 5.74. The number of hydrogen-bond acceptors (Lipinski definition) is 3. The zero-order valence-corrected chi connectivity index (χ0v) is 12.3. The molecule has 0 aliphatic rings. The Morgan fingerprint density at radius 3 is 2.38 bits per heavy atom. The smallest absolute Gasteiger partial charge is 0.698 e. The summed E-state index contributed by atoms with van der Waals surface area (Å²) in [5, 5.41) is 0. The second-order valence-electron chi connectivity index (χ2n) is 2.95. The van der Waals surface area contributed by atoms with Crippen molar-refractivity contribution in [2.75, 3.05) is 7.11 Å². The molecule has 7 heteroatoms. The Bertz CT molecular complexity index is 473. The van der Waals surface area contributed by atoms with E-state index in [0.717, 1.165) is 6.07 Å². The average Bonchev–Trinajstić information content (AvgIpc) is 2.15. The maximum Gasteiger partial charge on any atom is 1.00 e. The number of methoxy groups -OCH3 is 1. The minimum Gasteiger partial charge on any atom is -0.698 e. The summed E-state index contributed by atoms with van der Waals surface area (Å²) in [6, 6.07) is 2.49. The van der Waals surface area contributed by atoms with Crippen LogP contribution in [0.4, 0.5) is 5.69 Å². The van der Waals surface area contributed by atoms with E-state index in [1.165, 1.54) is 13.2 Å². The van der Waals surface area contributed by atoms with Gasteiger partial charge in [0.1, 0.15) is 10.6 Å². The fourth-order valence-electron chi connectivity index (χ4n) is 1.38. The first kappa shape index (κ1) is 15.7. The maximum absolute atomic E-state index is 11.0. The van der Waals surface area contributed by atoms with Crippen LogP contribution in [-0.4, -0.2) is 20.1 Å². The molecule has 0 amide bonds. The number of nitrogens with one attached hydrogen (secondary N) is 1. The third-order valence-electron chi connectivity index (χ3n) is 2.06. The Morgan fingerprint density at radius 2 is 2.00 bits per heavy atom. The predicted octanol–water partition coefficient (Wildman–Crippen LogP) is -0.808. The Balaban J connectivity index is 0.00000225. The Kier molecular flexibility index (Phi) is 5.78. The summed E-state index contributed by atoms with van der Waals surface area (Å²) in [4.78, 5) is -0.294. The van der Waals surface area contributed by atoms with E-state index >= 15 is 0 Å². The van der Waals surface area contributed by atoms with E-state index in [-0.39, 0.29) is 45.9 Å². The Morgan fingerprint density at radius 1 is 1.44 bits per heavy atom. The number of hydrogen-bond donors (Lipinski definition) is 1. The molecule has 0 spiro atoms. The molecule has 0 aliphatic carbocycles. The van der Waals surface area contributed by atoms with Gasteiger partial charge >= 0.3 is 29.6 Å². The average molecular weight is 253 g/mol. The Hall–Kier alpha value is -0.270. The van der Waals surface area contributed by atoms with Crippen molar-refractivity contribution in [3.05, 3.63) is 23.4 Å². The van der Waals surface area contributed by atoms with Gasteiger partial charge in [-0.15, -0.1) is 5.69 Å². The molecular formula is C9H12NNaO4S. The van der Waals surface area contributed by atoms with Crippen LogP contribution < -0.4 is 34.3 Å². The first-order chi connectivity index (χ1) is 6.91. The molecule has 16 heavy (non-hydrogen) atoms. The standard InChI is InChI=1S/C9H12NO4S.Na/c1-3-6-7(10)4-5-8(9(6)14-2)15(11,12)13;/h4-5,10H,3H2,1-2H3,(H,11,12,13);/q-1;+1. The molecule has 0 aliphatic heterocycles. The van der Waals surface area contributed by atoms with Gasteiger partial charge in [0.05, 0.1) is 7.11 Å². The molecule has 0 radical (unpaired) electrons. The van der Waals surface area contributed by atoms with Crippen molar-refractivity contribution in [2.45, 2.75) is 18.2 Å². The Labute approximate surface area is 117 Å². The molecule has 0 saturated carbocycles. The molecule has 0 atom stereocenters. The summed E-state index contributed by atoms with van der Waals surface area (Å²) in [5.41, 5.74) is 8.22. The van der Waals surface area contributed by atoms with Gasteiger partial charge in [-0.25, -0.2) is 0 Å². The van der Waals surface area contributed by atoms with Crippen LogP contribution in [0.5, 0.6) is 5.75 Å². The van der Waals surface area contributed by atoms with Crippen LogP contribution in [0.15, 0.2) is 17.0 Å². The fourth-order valence-corrected chi connectivity index (χ4v) is 2.07. The second kappa shape index (κ2) is 5.88. The zero-order chi connectivity index (χ0) is 11.6. The summed E-state index contributed by atoms with van der Waals surface area (Å²) in [5.74, 6) is 0.0486. The van der Waals surface area contributed by atoms with Crippen LogP contribution in [0, 0.1) is 0 Å². The van der Waals surface area contributed by atoms with Gasteiger partial charge in [-0.1, -0.05) is 13.0 Å². The topological polar surface area (TPSA) is 87.4 Å². The molecule has 0 heterocycles. The van der Waals surface area contributed by atoms with Crippen molar-refractivity contribution in [3.8, 4) is 5.75 Å². The molecule has 0 saturated heterocycles. The SMILES string of the molecule is CCc1c([NH-])ccc(S(=O)(=O)O)c1OC.[Na+]. The van der Waals surface area contributed by atoms with Gasteiger partial charge < -0.3 is 10.5 Å². The largest absolute Gasteiger partial charge is 1.00 e. The van der Waals surface area contributed by atoms with E-state index in [0.29, 0.717) is 12.0 Å². The van der Waals surface area contributed by atoms with Gasteiger partial charge in [0.2, 0.25) is 0 Å². The first-order valence-electron chi connectivity index (χ1n) is 4.30. The normalized spacial score (nSPS) is 10.7. The molecule has 0 fully saturated rings. The van der Waals surface area contributed by atoms with Gasteiger partial charge in [-0.05, 0) is 18.1 Å². The molecular weight excluding hydrogens is 241 g/mol. The summed E-state index contributed by atoms with van der Waals surface area (Å²) < 4.78 is 35.9. The third kappa shape index (κ3) is 3.11. The van der Waals surface area contributed by atoms with Crippen LogP contribution in [0.3, 0.4) is 0 Å². The molecule has 2 N–H and O–H groups in total. The van der Waals surface area contributed by atoms with Crippen LogP contribution in [-0.2, 0) is 16.5 Å². The van der Waals surface area contributed by atoms with E-state index in [1.807, 2.05) is 0 Å². The van der Waals surface area contributed by atoms with Crippen molar-refractivity contribution in [1.29, 1.82) is 0 Å². The summed E-state index contributed by atoms with van der Waals surface area (Å²) in [6.45, 7) is 1.78. The minimum absolute atomic E-state index is 0. The molecule has 0 aromatic heterocycles. The minimum atomic E-state index is -4.30. The molecule has 5 nitrogen and oxygen atoms in total. The van der Waals surface area contributed by atoms with E-state index in [9.17, 15) is 8.42 Å². The third-order valence-corrected chi connectivity index (χ3v) is 2.94. The van der Waals surface area contributed by atoms with Crippen LogP contribution in [0.25, 0.3) is 5.73 Å². The summed E-state index contributed by atoms with van der Waals surface area (Å²) in [7, 11) is -3.00. The van der Waals surface area contributed by atoms with Gasteiger partial charge in [0, 0.05) is 0 Å². The van der Waals surface area contributed by atoms with E-state index < -0.39 is 10.1 Å². The summed E-state index contributed by atoms with van der Waals surface area (Å²) >= 11 is 0. The van der Waals surface area contributed by atoms with Crippen molar-refractivity contribution in [1.82, 2.24) is 0 Å². The molecule has 1 aromatic rings. The van der Waals surface area contributed by atoms with Gasteiger partial charge in [-0.3, -0.25) is 4.55 Å². The zero-order valence-electron chi connectivity index (χ0n) is 9.44. The van der Waals surface area contributed by atoms with Crippen LogP contribution in [0.1, 0.15) is 12.5 Å². The summed E-state index contributed by atoms with van der Waals surface area (Å²) in [6.07, 6.45) is 0.464. The van der Waals surface area contributed by atoms with Crippen molar-refractivity contribution >= 4 is 15.8 Å². The number of rotatable bonds is 3. The number of benzene rings is 1. The molecule has 1 rings (SSSR count). The molecule has 0 unspecified atom stereocenters. The van der Waals surface area contributed by atoms with Gasteiger partial charge in [-0.2, -0.15) is 8.42 Å². The van der Waals surface area contributed by atoms with E-state index in [4.69, 9.17) is 15.0 Å². The van der Waals surface area contributed by atoms with Crippen molar-refractivity contribution < 1.29 is 47.3 Å². The fraction of sp³-hybridized carbons (Fsp3) is 0.333. The number of ether oxygens (including phenoxy) is 1. The van der Waals surface area contributed by atoms with Gasteiger partial charge in [0.25, 0.3) is 10.1 Å². The van der Waals surface area contributed by atoms with Crippen molar-refractivity contribution in [3.63, 3.8) is 0 Å². The quantitative estimate of drug-likeness (QED) is 0.564. The van der Waals surface area contributed by atoms with Crippen LogP contribution in [0.2, 0.25) is 0 Å². The van der Waals surface area contributed by atoms with E-state index in [1.54, 1.807) is 6.92 Å². The molecule has 1 aromatic carbocycles.